The van der Waals surface area contributed by atoms with Crippen LogP contribution in [0.25, 0.3) is 16.0 Å². The van der Waals surface area contributed by atoms with Crippen molar-refractivity contribution >= 4 is 55.5 Å². The quantitative estimate of drug-likeness (QED) is 0.221. The highest BCUT2D eigenvalue weighted by atomic mass is 32.1. The number of thiazole rings is 1. The maximum Gasteiger partial charge on any atom is 0.301 e. The molecule has 36 heavy (non-hydrogen) atoms. The van der Waals surface area contributed by atoms with Crippen LogP contribution in [0.3, 0.4) is 0 Å². The van der Waals surface area contributed by atoms with Crippen molar-refractivity contribution in [2.24, 2.45) is 0 Å². The molecule has 1 fully saturated rings. The molecule has 0 bridgehead atoms. The smallest absolute Gasteiger partial charge is 0.301 e. The zero-order valence-corrected chi connectivity index (χ0v) is 20.7. The molecule has 4 heterocycles. The van der Waals surface area contributed by atoms with Gasteiger partial charge < -0.3 is 19.3 Å². The van der Waals surface area contributed by atoms with Gasteiger partial charge in [-0.2, -0.15) is 0 Å². The third-order valence-corrected chi connectivity index (χ3v) is 7.88. The van der Waals surface area contributed by atoms with Crippen molar-refractivity contribution in [3.8, 4) is 17.2 Å². The van der Waals surface area contributed by atoms with E-state index in [4.69, 9.17) is 14.2 Å². The summed E-state index contributed by atoms with van der Waals surface area (Å²) < 4.78 is 17.6. The Hall–Kier alpha value is -3.89. The van der Waals surface area contributed by atoms with Crippen molar-refractivity contribution in [1.82, 2.24) is 4.98 Å². The summed E-state index contributed by atoms with van der Waals surface area (Å²) in [5, 5.41) is 13.6. The van der Waals surface area contributed by atoms with Crippen LogP contribution in [-0.4, -0.2) is 41.6 Å². The van der Waals surface area contributed by atoms with Crippen LogP contribution in [0.2, 0.25) is 0 Å². The fourth-order valence-electron chi connectivity index (χ4n) is 4.34. The molecule has 182 valence electrons. The topological polar surface area (TPSA) is 98.2 Å². The maximum atomic E-state index is 13.4. The molecule has 0 aliphatic carbocycles. The molecule has 1 amide bonds. The van der Waals surface area contributed by atoms with Gasteiger partial charge in [0.2, 0.25) is 0 Å². The number of ether oxygens (including phenoxy) is 3. The molecule has 6 rings (SSSR count). The number of amides is 1. The van der Waals surface area contributed by atoms with Crippen LogP contribution in [0.15, 0.2) is 59.5 Å². The molecule has 2 aliphatic rings. The summed E-state index contributed by atoms with van der Waals surface area (Å²) in [5.74, 6) is -0.0364. The lowest BCUT2D eigenvalue weighted by Crippen LogP contribution is -2.28. The van der Waals surface area contributed by atoms with E-state index in [0.717, 1.165) is 9.58 Å². The number of carbonyl (C=O) groups is 2. The molecule has 1 N–H and O–H groups in total. The van der Waals surface area contributed by atoms with Gasteiger partial charge in [0.15, 0.2) is 16.6 Å². The monoisotopic (exact) mass is 520 g/mol. The van der Waals surface area contributed by atoms with E-state index in [1.165, 1.54) is 27.6 Å². The van der Waals surface area contributed by atoms with Crippen molar-refractivity contribution in [3.05, 3.63) is 69.9 Å². The zero-order valence-electron chi connectivity index (χ0n) is 19.1. The summed E-state index contributed by atoms with van der Waals surface area (Å²) in [5.41, 5.74) is 1.06. The van der Waals surface area contributed by atoms with Gasteiger partial charge in [0.1, 0.15) is 30.8 Å². The van der Waals surface area contributed by atoms with Crippen molar-refractivity contribution < 1.29 is 28.9 Å². The van der Waals surface area contributed by atoms with Crippen molar-refractivity contribution in [2.45, 2.75) is 13.0 Å². The van der Waals surface area contributed by atoms with Gasteiger partial charge in [0, 0.05) is 10.4 Å². The highest BCUT2D eigenvalue weighted by molar-refractivity contribution is 7.22. The fraction of sp³-hybridized carbons (Fsp3) is 0.192. The number of fused-ring (bicyclic) bond motifs is 2. The lowest BCUT2D eigenvalue weighted by Gasteiger charge is -2.22. The average molecular weight is 521 g/mol. The van der Waals surface area contributed by atoms with Gasteiger partial charge in [-0.05, 0) is 54.8 Å². The number of anilines is 1. The van der Waals surface area contributed by atoms with Crippen LogP contribution in [0, 0.1) is 0 Å². The molecule has 0 radical (unpaired) electrons. The average Bonchev–Trinajstić information content (AvgIpc) is 3.62. The Bertz CT molecular complexity index is 1520. The molecule has 2 aromatic heterocycles. The molecule has 1 atom stereocenters. The maximum absolute atomic E-state index is 13.4. The number of carbonyl (C=O) groups excluding carboxylic acids is 2. The van der Waals surface area contributed by atoms with Gasteiger partial charge >= 0.3 is 5.91 Å². The number of rotatable bonds is 5. The van der Waals surface area contributed by atoms with Crippen LogP contribution in [0.4, 0.5) is 5.13 Å². The van der Waals surface area contributed by atoms with Gasteiger partial charge in [-0.1, -0.05) is 17.4 Å². The van der Waals surface area contributed by atoms with Gasteiger partial charge in [-0.25, -0.2) is 4.98 Å². The van der Waals surface area contributed by atoms with Crippen molar-refractivity contribution in [2.75, 3.05) is 24.7 Å². The Kier molecular flexibility index (Phi) is 5.62. The van der Waals surface area contributed by atoms with Crippen LogP contribution < -0.4 is 19.1 Å². The minimum absolute atomic E-state index is 0.00777. The van der Waals surface area contributed by atoms with E-state index < -0.39 is 17.7 Å². The number of thiophene rings is 1. The number of ketones is 1. The minimum atomic E-state index is -0.815. The summed E-state index contributed by atoms with van der Waals surface area (Å²) in [6, 6.07) is 13.3. The number of aliphatic hydroxyl groups excluding tert-OH is 1. The molecule has 2 aliphatic heterocycles. The highest BCUT2D eigenvalue weighted by Crippen LogP contribution is 2.46. The second-order valence-electron chi connectivity index (χ2n) is 8.10. The predicted octanol–water partition coefficient (Wildman–Crippen LogP) is 5.15. The second kappa shape index (κ2) is 8.96. The number of Topliss-reactive ketones (excluding diaryl/α,β-unsaturated/α-hetero) is 1. The summed E-state index contributed by atoms with van der Waals surface area (Å²) in [7, 11) is 0. The van der Waals surface area contributed by atoms with Crippen molar-refractivity contribution in [3.63, 3.8) is 0 Å². The fourth-order valence-corrected chi connectivity index (χ4v) is 6.19. The molecule has 0 unspecified atom stereocenters. The van der Waals surface area contributed by atoms with Gasteiger partial charge in [-0.15, -0.1) is 11.3 Å². The third kappa shape index (κ3) is 3.69. The highest BCUT2D eigenvalue weighted by Gasteiger charge is 2.48. The second-order valence-corrected chi connectivity index (χ2v) is 10.1. The number of nitrogens with zero attached hydrogens (tertiary/aromatic N) is 2. The zero-order chi connectivity index (χ0) is 24.8. The van der Waals surface area contributed by atoms with E-state index in [9.17, 15) is 14.7 Å². The van der Waals surface area contributed by atoms with Crippen LogP contribution in [0.5, 0.6) is 17.2 Å². The summed E-state index contributed by atoms with van der Waals surface area (Å²) in [6.45, 7) is 3.27. The molecule has 1 saturated heterocycles. The largest absolute Gasteiger partial charge is 0.507 e. The van der Waals surface area contributed by atoms with E-state index >= 15 is 0 Å². The lowest BCUT2D eigenvalue weighted by molar-refractivity contribution is -0.132. The van der Waals surface area contributed by atoms with Gasteiger partial charge in [0.25, 0.3) is 5.78 Å². The Balaban J connectivity index is 1.48. The van der Waals surface area contributed by atoms with E-state index in [0.29, 0.717) is 53.3 Å². The summed E-state index contributed by atoms with van der Waals surface area (Å²) in [4.78, 5) is 33.5. The van der Waals surface area contributed by atoms with E-state index in [1.54, 1.807) is 18.2 Å². The number of aromatic nitrogens is 1. The SMILES string of the molecule is CCOc1ccc2nc(N3C(=O)C(=O)/C(=C(/O)c4ccc5c(c4)OCCO5)[C@H]3c3cccs3)sc2c1. The lowest BCUT2D eigenvalue weighted by atomic mass is 9.99. The Morgan fingerprint density at radius 3 is 2.75 bits per heavy atom. The van der Waals surface area contributed by atoms with E-state index in [1.807, 2.05) is 42.6 Å². The third-order valence-electron chi connectivity index (χ3n) is 5.94. The standard InChI is InChI=1S/C26H20N2O6S2/c1-2-32-15-6-7-16-20(13-15)36-26(27-16)28-22(19-4-3-11-35-19)21(24(30)25(28)31)23(29)14-5-8-17-18(12-14)34-10-9-33-17/h3-8,11-13,22,29H,2,9-10H2,1H3/b23-21+/t22-/m1/s1. The molecule has 2 aromatic carbocycles. The Morgan fingerprint density at radius 1 is 1.14 bits per heavy atom. The van der Waals surface area contributed by atoms with Crippen molar-refractivity contribution in [1.29, 1.82) is 0 Å². The molecule has 8 nitrogen and oxygen atoms in total. The molecule has 0 saturated carbocycles. The number of aliphatic hydroxyl groups is 1. The van der Waals surface area contributed by atoms with Crippen LogP contribution in [0.1, 0.15) is 23.4 Å². The first-order chi connectivity index (χ1) is 17.5. The first-order valence-electron chi connectivity index (χ1n) is 11.3. The van der Waals surface area contributed by atoms with E-state index in [2.05, 4.69) is 4.98 Å². The molecular formula is C26H20N2O6S2. The summed E-state index contributed by atoms with van der Waals surface area (Å²) in [6.07, 6.45) is 0. The number of benzene rings is 2. The first-order valence-corrected chi connectivity index (χ1v) is 13.0. The van der Waals surface area contributed by atoms with Gasteiger partial charge in [0.05, 0.1) is 22.4 Å². The minimum Gasteiger partial charge on any atom is -0.507 e. The molecular weight excluding hydrogens is 500 g/mol. The predicted molar refractivity (Wildman–Crippen MR) is 137 cm³/mol. The number of hydrogen-bond acceptors (Lipinski definition) is 9. The summed E-state index contributed by atoms with van der Waals surface area (Å²) >= 11 is 2.69. The van der Waals surface area contributed by atoms with E-state index in [-0.39, 0.29) is 11.3 Å². The molecule has 4 aromatic rings. The first kappa shape index (κ1) is 22.6. The van der Waals surface area contributed by atoms with Crippen LogP contribution >= 0.6 is 22.7 Å². The van der Waals surface area contributed by atoms with Gasteiger partial charge in [-0.3, -0.25) is 14.5 Å². The van der Waals surface area contributed by atoms with Crippen LogP contribution in [-0.2, 0) is 9.59 Å². The number of hydrogen-bond donors (Lipinski definition) is 1. The Morgan fingerprint density at radius 2 is 1.97 bits per heavy atom. The normalized spacial score (nSPS) is 18.7. The Labute approximate surface area is 214 Å². The molecule has 10 heteroatoms. The molecule has 0 spiro atoms.